The van der Waals surface area contributed by atoms with Crippen molar-refractivity contribution in [1.29, 1.82) is 0 Å². The predicted molar refractivity (Wildman–Crippen MR) is 37.5 cm³/mol. The summed E-state index contributed by atoms with van der Waals surface area (Å²) >= 11 is 0. The standard InChI is InChI=1S/C7H9F3O3/c1-2-6(11)13-12-5-3-4-7(8,9)10/h2H,1,3-5H2. The van der Waals surface area contributed by atoms with Gasteiger partial charge in [-0.1, -0.05) is 6.58 Å². The van der Waals surface area contributed by atoms with Crippen molar-refractivity contribution in [1.82, 2.24) is 0 Å². The van der Waals surface area contributed by atoms with Crippen LogP contribution in [0.25, 0.3) is 0 Å². The summed E-state index contributed by atoms with van der Waals surface area (Å²) in [5, 5.41) is 0. The van der Waals surface area contributed by atoms with Gasteiger partial charge in [0, 0.05) is 12.5 Å². The van der Waals surface area contributed by atoms with Crippen LogP contribution in [-0.2, 0) is 14.6 Å². The molecule has 0 atom stereocenters. The highest BCUT2D eigenvalue weighted by Gasteiger charge is 2.26. The minimum Gasteiger partial charge on any atom is -0.294 e. The SMILES string of the molecule is C=CC(=O)OOCCCC(F)(F)F. The molecule has 0 saturated heterocycles. The van der Waals surface area contributed by atoms with Gasteiger partial charge in [-0.25, -0.2) is 4.79 Å². The molecule has 0 aromatic carbocycles. The number of rotatable bonds is 5. The summed E-state index contributed by atoms with van der Waals surface area (Å²) in [5.74, 6) is -0.827. The fourth-order valence-corrected chi connectivity index (χ4v) is 0.465. The summed E-state index contributed by atoms with van der Waals surface area (Å²) in [4.78, 5) is 18.4. The van der Waals surface area contributed by atoms with Crippen molar-refractivity contribution in [2.24, 2.45) is 0 Å². The molecule has 0 saturated carbocycles. The zero-order chi connectivity index (χ0) is 10.3. The van der Waals surface area contributed by atoms with E-state index in [4.69, 9.17) is 0 Å². The van der Waals surface area contributed by atoms with Gasteiger partial charge in [-0.05, 0) is 6.42 Å². The molecule has 0 radical (unpaired) electrons. The molecule has 0 aliphatic rings. The topological polar surface area (TPSA) is 35.5 Å². The zero-order valence-electron chi connectivity index (χ0n) is 6.76. The quantitative estimate of drug-likeness (QED) is 0.293. The smallest absolute Gasteiger partial charge is 0.294 e. The van der Waals surface area contributed by atoms with E-state index in [1.807, 2.05) is 0 Å². The summed E-state index contributed by atoms with van der Waals surface area (Å²) < 4.78 is 34.6. The Balaban J connectivity index is 3.27. The van der Waals surface area contributed by atoms with E-state index in [1.165, 1.54) is 0 Å². The number of halogens is 3. The molecule has 0 heterocycles. The fourth-order valence-electron chi connectivity index (χ4n) is 0.465. The van der Waals surface area contributed by atoms with Crippen LogP contribution < -0.4 is 0 Å². The monoisotopic (exact) mass is 198 g/mol. The van der Waals surface area contributed by atoms with E-state index in [2.05, 4.69) is 16.4 Å². The highest BCUT2D eigenvalue weighted by Crippen LogP contribution is 2.20. The summed E-state index contributed by atoms with van der Waals surface area (Å²) in [6.45, 7) is 2.79. The predicted octanol–water partition coefficient (Wildman–Crippen LogP) is 1.99. The number of carbonyl (C=O) groups excluding carboxylic acids is 1. The third-order valence-electron chi connectivity index (χ3n) is 0.996. The molecule has 0 unspecified atom stereocenters. The maximum Gasteiger partial charge on any atom is 0.389 e. The summed E-state index contributed by atoms with van der Waals surface area (Å²) in [5.41, 5.74) is 0. The Labute approximate surface area is 73.1 Å². The third kappa shape index (κ3) is 8.87. The van der Waals surface area contributed by atoms with E-state index in [9.17, 15) is 18.0 Å². The van der Waals surface area contributed by atoms with Crippen molar-refractivity contribution >= 4 is 5.97 Å². The van der Waals surface area contributed by atoms with Gasteiger partial charge in [-0.2, -0.15) is 18.1 Å². The van der Waals surface area contributed by atoms with Crippen molar-refractivity contribution in [2.45, 2.75) is 19.0 Å². The second kappa shape index (κ2) is 5.58. The van der Waals surface area contributed by atoms with Gasteiger partial charge in [0.05, 0.1) is 6.61 Å². The molecule has 0 aromatic heterocycles. The van der Waals surface area contributed by atoms with Crippen LogP contribution in [0.4, 0.5) is 13.2 Å². The molecule has 0 N–H and O–H groups in total. The fraction of sp³-hybridized carbons (Fsp3) is 0.571. The van der Waals surface area contributed by atoms with Gasteiger partial charge in [-0.15, -0.1) is 0 Å². The highest BCUT2D eigenvalue weighted by atomic mass is 19.4. The van der Waals surface area contributed by atoms with Crippen molar-refractivity contribution in [2.75, 3.05) is 6.61 Å². The van der Waals surface area contributed by atoms with Gasteiger partial charge in [-0.3, -0.25) is 4.89 Å². The molecule has 6 heteroatoms. The number of hydrogen-bond acceptors (Lipinski definition) is 3. The van der Waals surface area contributed by atoms with Gasteiger partial charge in [0.25, 0.3) is 0 Å². The Morgan fingerprint density at radius 1 is 1.46 bits per heavy atom. The van der Waals surface area contributed by atoms with Crippen LogP contribution >= 0.6 is 0 Å². The second-order valence-electron chi connectivity index (χ2n) is 2.15. The van der Waals surface area contributed by atoms with Crippen LogP contribution in [0.2, 0.25) is 0 Å². The minimum atomic E-state index is -4.20. The lowest BCUT2D eigenvalue weighted by Gasteiger charge is -2.04. The molecule has 0 rings (SSSR count). The Morgan fingerprint density at radius 2 is 2.08 bits per heavy atom. The first-order valence-electron chi connectivity index (χ1n) is 3.48. The van der Waals surface area contributed by atoms with Crippen LogP contribution in [0, 0.1) is 0 Å². The molecular formula is C7H9F3O3. The van der Waals surface area contributed by atoms with E-state index < -0.39 is 18.6 Å². The molecular weight excluding hydrogens is 189 g/mol. The molecule has 0 spiro atoms. The molecule has 13 heavy (non-hydrogen) atoms. The van der Waals surface area contributed by atoms with Crippen molar-refractivity contribution in [3.05, 3.63) is 12.7 Å². The Morgan fingerprint density at radius 3 is 2.54 bits per heavy atom. The first-order valence-corrected chi connectivity index (χ1v) is 3.48. The zero-order valence-corrected chi connectivity index (χ0v) is 6.76. The van der Waals surface area contributed by atoms with E-state index in [-0.39, 0.29) is 13.0 Å². The third-order valence-corrected chi connectivity index (χ3v) is 0.996. The molecule has 0 amide bonds. The van der Waals surface area contributed by atoms with Crippen LogP contribution in [0.3, 0.4) is 0 Å². The normalized spacial score (nSPS) is 11.0. The molecule has 3 nitrogen and oxygen atoms in total. The van der Waals surface area contributed by atoms with Gasteiger partial charge < -0.3 is 0 Å². The Hall–Kier alpha value is -1.04. The van der Waals surface area contributed by atoms with Crippen LogP contribution in [0.5, 0.6) is 0 Å². The van der Waals surface area contributed by atoms with Crippen LogP contribution in [-0.4, -0.2) is 18.8 Å². The lowest BCUT2D eigenvalue weighted by molar-refractivity contribution is -0.269. The van der Waals surface area contributed by atoms with E-state index in [0.29, 0.717) is 0 Å². The molecule has 76 valence electrons. The Bertz CT molecular complexity index is 176. The average molecular weight is 198 g/mol. The maximum atomic E-state index is 11.5. The van der Waals surface area contributed by atoms with Crippen LogP contribution in [0.15, 0.2) is 12.7 Å². The number of carbonyl (C=O) groups is 1. The summed E-state index contributed by atoms with van der Waals surface area (Å²) in [6.07, 6.45) is -4.55. The molecule has 0 aromatic rings. The van der Waals surface area contributed by atoms with Crippen molar-refractivity contribution in [3.8, 4) is 0 Å². The van der Waals surface area contributed by atoms with Crippen molar-refractivity contribution < 1.29 is 27.7 Å². The minimum absolute atomic E-state index is 0.242. The first kappa shape index (κ1) is 12.0. The number of alkyl halides is 3. The summed E-state index contributed by atoms with van der Waals surface area (Å²) in [7, 11) is 0. The lowest BCUT2D eigenvalue weighted by atomic mass is 10.3. The van der Waals surface area contributed by atoms with Gasteiger partial charge in [0.15, 0.2) is 0 Å². The summed E-state index contributed by atoms with van der Waals surface area (Å²) in [6, 6.07) is 0. The van der Waals surface area contributed by atoms with E-state index >= 15 is 0 Å². The van der Waals surface area contributed by atoms with E-state index in [0.717, 1.165) is 6.08 Å². The molecule has 0 aliphatic carbocycles. The largest absolute Gasteiger partial charge is 0.389 e. The van der Waals surface area contributed by atoms with E-state index in [1.54, 1.807) is 0 Å². The molecule has 0 aliphatic heterocycles. The number of hydrogen-bond donors (Lipinski definition) is 0. The first-order chi connectivity index (χ1) is 5.95. The Kier molecular flexibility index (Phi) is 5.13. The lowest BCUT2D eigenvalue weighted by Crippen LogP contribution is -2.10. The van der Waals surface area contributed by atoms with Crippen molar-refractivity contribution in [3.63, 3.8) is 0 Å². The molecule has 0 bridgehead atoms. The average Bonchev–Trinajstić information content (AvgIpc) is 2.01. The van der Waals surface area contributed by atoms with Crippen LogP contribution in [0.1, 0.15) is 12.8 Å². The molecule has 0 fully saturated rings. The van der Waals surface area contributed by atoms with Gasteiger partial charge >= 0.3 is 12.1 Å². The maximum absolute atomic E-state index is 11.5. The second-order valence-corrected chi connectivity index (χ2v) is 2.15. The highest BCUT2D eigenvalue weighted by molar-refractivity contribution is 5.80. The van der Waals surface area contributed by atoms with Gasteiger partial charge in [0.2, 0.25) is 0 Å². The van der Waals surface area contributed by atoms with Gasteiger partial charge in [0.1, 0.15) is 0 Å².